The fourth-order valence-electron chi connectivity index (χ4n) is 1.66. The van der Waals surface area contributed by atoms with Crippen LogP contribution in [0, 0.1) is 5.82 Å². The summed E-state index contributed by atoms with van der Waals surface area (Å²) in [6.45, 7) is 1.54. The maximum atomic E-state index is 12.8. The fourth-order valence-corrected chi connectivity index (χ4v) is 1.66. The van der Waals surface area contributed by atoms with Crippen LogP contribution < -0.4 is 5.32 Å². The molecule has 100 valence electrons. The molecule has 2 rings (SSSR count). The number of hydrogen-bond acceptors (Lipinski definition) is 3. The Labute approximate surface area is 109 Å². The van der Waals surface area contributed by atoms with E-state index in [0.717, 1.165) is 0 Å². The van der Waals surface area contributed by atoms with Crippen molar-refractivity contribution >= 4 is 5.91 Å². The Hall–Kier alpha value is -2.14. The minimum absolute atomic E-state index is 0.00182. The van der Waals surface area contributed by atoms with Crippen LogP contribution in [0.1, 0.15) is 23.0 Å². The van der Waals surface area contributed by atoms with Crippen molar-refractivity contribution < 1.29 is 18.7 Å². The van der Waals surface area contributed by atoms with Crippen LogP contribution in [0.5, 0.6) is 0 Å². The summed E-state index contributed by atoms with van der Waals surface area (Å²) in [7, 11) is 0. The van der Waals surface area contributed by atoms with Gasteiger partial charge in [0.05, 0.1) is 12.8 Å². The third-order valence-electron chi connectivity index (χ3n) is 2.80. The highest BCUT2D eigenvalue weighted by atomic mass is 19.1. The molecule has 1 atom stereocenters. The first-order valence-electron chi connectivity index (χ1n) is 5.79. The number of furan rings is 1. The predicted molar refractivity (Wildman–Crippen MR) is 67.0 cm³/mol. The lowest BCUT2D eigenvalue weighted by atomic mass is 9.96. The molecule has 0 spiro atoms. The number of carbonyl (C=O) groups excluding carboxylic acids is 1. The van der Waals surface area contributed by atoms with Gasteiger partial charge in [0, 0.05) is 0 Å². The second kappa shape index (κ2) is 5.24. The van der Waals surface area contributed by atoms with Crippen LogP contribution in [0.4, 0.5) is 4.39 Å². The molecular weight excluding hydrogens is 249 g/mol. The number of halogens is 1. The Kier molecular flexibility index (Phi) is 3.66. The zero-order valence-corrected chi connectivity index (χ0v) is 10.4. The first-order valence-corrected chi connectivity index (χ1v) is 5.79. The van der Waals surface area contributed by atoms with Gasteiger partial charge < -0.3 is 14.8 Å². The zero-order chi connectivity index (χ0) is 13.9. The normalized spacial score (nSPS) is 13.8. The van der Waals surface area contributed by atoms with Gasteiger partial charge in [-0.05, 0) is 36.8 Å². The molecule has 0 fully saturated rings. The molecule has 1 unspecified atom stereocenters. The summed E-state index contributed by atoms with van der Waals surface area (Å²) < 4.78 is 17.7. The molecule has 19 heavy (non-hydrogen) atoms. The molecule has 0 aliphatic heterocycles. The standard InChI is InChI=1S/C14H14FNO3/c1-14(18,10-4-6-11(15)7-5-10)9-16-13(17)12-3-2-8-19-12/h2-8,18H,9H2,1H3,(H,16,17). The molecule has 0 aliphatic rings. The van der Waals surface area contributed by atoms with Gasteiger partial charge in [0.1, 0.15) is 11.4 Å². The van der Waals surface area contributed by atoms with Crippen molar-refractivity contribution in [3.8, 4) is 0 Å². The number of nitrogens with one attached hydrogen (secondary N) is 1. The number of aliphatic hydroxyl groups is 1. The van der Waals surface area contributed by atoms with E-state index >= 15 is 0 Å². The molecule has 2 N–H and O–H groups in total. The summed E-state index contributed by atoms with van der Waals surface area (Å²) in [4.78, 5) is 11.7. The van der Waals surface area contributed by atoms with E-state index in [1.165, 1.54) is 36.6 Å². The lowest BCUT2D eigenvalue weighted by molar-refractivity contribution is 0.0518. The van der Waals surface area contributed by atoms with Gasteiger partial charge in [0.15, 0.2) is 5.76 Å². The smallest absolute Gasteiger partial charge is 0.287 e. The monoisotopic (exact) mass is 263 g/mol. The highest BCUT2D eigenvalue weighted by Crippen LogP contribution is 2.20. The van der Waals surface area contributed by atoms with Gasteiger partial charge >= 0.3 is 0 Å². The first-order chi connectivity index (χ1) is 8.99. The van der Waals surface area contributed by atoms with E-state index in [9.17, 15) is 14.3 Å². The van der Waals surface area contributed by atoms with E-state index in [0.29, 0.717) is 5.56 Å². The molecule has 5 heteroatoms. The second-order valence-corrected chi connectivity index (χ2v) is 4.44. The quantitative estimate of drug-likeness (QED) is 0.887. The van der Waals surface area contributed by atoms with E-state index in [4.69, 9.17) is 4.42 Å². The number of carbonyl (C=O) groups is 1. The highest BCUT2D eigenvalue weighted by Gasteiger charge is 2.24. The fraction of sp³-hybridized carbons (Fsp3) is 0.214. The molecule has 2 aromatic rings. The maximum Gasteiger partial charge on any atom is 0.287 e. The van der Waals surface area contributed by atoms with Crippen molar-refractivity contribution in [2.75, 3.05) is 6.54 Å². The van der Waals surface area contributed by atoms with E-state index < -0.39 is 11.5 Å². The van der Waals surface area contributed by atoms with E-state index in [-0.39, 0.29) is 18.1 Å². The minimum Gasteiger partial charge on any atom is -0.459 e. The van der Waals surface area contributed by atoms with Crippen molar-refractivity contribution in [3.63, 3.8) is 0 Å². The summed E-state index contributed by atoms with van der Waals surface area (Å²) in [6, 6.07) is 8.62. The molecule has 1 aromatic carbocycles. The van der Waals surface area contributed by atoms with E-state index in [1.807, 2.05) is 0 Å². The summed E-state index contributed by atoms with van der Waals surface area (Å²) in [5, 5.41) is 12.8. The predicted octanol–water partition coefficient (Wildman–Crippen LogP) is 2.06. The molecule has 0 saturated carbocycles. The van der Waals surface area contributed by atoms with Crippen LogP contribution in [0.25, 0.3) is 0 Å². The van der Waals surface area contributed by atoms with Gasteiger partial charge in [-0.1, -0.05) is 12.1 Å². The molecule has 1 aromatic heterocycles. The average molecular weight is 263 g/mol. The number of hydrogen-bond donors (Lipinski definition) is 2. The van der Waals surface area contributed by atoms with E-state index in [2.05, 4.69) is 5.32 Å². The third-order valence-corrected chi connectivity index (χ3v) is 2.80. The van der Waals surface area contributed by atoms with Crippen molar-refractivity contribution in [3.05, 3.63) is 59.8 Å². The second-order valence-electron chi connectivity index (χ2n) is 4.44. The molecular formula is C14H14FNO3. The Bertz CT molecular complexity index is 547. The maximum absolute atomic E-state index is 12.8. The first kappa shape index (κ1) is 13.3. The van der Waals surface area contributed by atoms with Crippen LogP contribution in [0.15, 0.2) is 47.1 Å². The van der Waals surface area contributed by atoms with Crippen LogP contribution in [-0.2, 0) is 5.60 Å². The molecule has 1 heterocycles. The average Bonchev–Trinajstić information content (AvgIpc) is 2.90. The van der Waals surface area contributed by atoms with Gasteiger partial charge in [0.2, 0.25) is 0 Å². The van der Waals surface area contributed by atoms with Crippen LogP contribution >= 0.6 is 0 Å². The van der Waals surface area contributed by atoms with Crippen LogP contribution in [0.3, 0.4) is 0 Å². The van der Waals surface area contributed by atoms with Crippen LogP contribution in [0.2, 0.25) is 0 Å². The third kappa shape index (κ3) is 3.20. The minimum atomic E-state index is -1.28. The molecule has 0 saturated heterocycles. The van der Waals surface area contributed by atoms with Gasteiger partial charge in [-0.3, -0.25) is 4.79 Å². The van der Waals surface area contributed by atoms with Gasteiger partial charge in [-0.25, -0.2) is 4.39 Å². The Morgan fingerprint density at radius 1 is 1.37 bits per heavy atom. The number of rotatable bonds is 4. The topological polar surface area (TPSA) is 62.5 Å². The van der Waals surface area contributed by atoms with Crippen molar-refractivity contribution in [2.45, 2.75) is 12.5 Å². The summed E-state index contributed by atoms with van der Waals surface area (Å²) >= 11 is 0. The van der Waals surface area contributed by atoms with Crippen molar-refractivity contribution in [1.29, 1.82) is 0 Å². The Balaban J connectivity index is 2.01. The molecule has 4 nitrogen and oxygen atoms in total. The highest BCUT2D eigenvalue weighted by molar-refractivity contribution is 5.91. The van der Waals surface area contributed by atoms with Crippen molar-refractivity contribution in [2.24, 2.45) is 0 Å². The molecule has 1 amide bonds. The molecule has 0 aliphatic carbocycles. The summed E-state index contributed by atoms with van der Waals surface area (Å²) in [6.07, 6.45) is 1.40. The lowest BCUT2D eigenvalue weighted by Gasteiger charge is -2.24. The van der Waals surface area contributed by atoms with Crippen LogP contribution in [-0.4, -0.2) is 17.6 Å². The van der Waals surface area contributed by atoms with Crippen molar-refractivity contribution in [1.82, 2.24) is 5.32 Å². The zero-order valence-electron chi connectivity index (χ0n) is 10.4. The Morgan fingerprint density at radius 3 is 2.63 bits per heavy atom. The molecule has 0 radical (unpaired) electrons. The Morgan fingerprint density at radius 2 is 2.05 bits per heavy atom. The number of benzene rings is 1. The van der Waals surface area contributed by atoms with Gasteiger partial charge in [-0.15, -0.1) is 0 Å². The largest absolute Gasteiger partial charge is 0.459 e. The van der Waals surface area contributed by atoms with Gasteiger partial charge in [-0.2, -0.15) is 0 Å². The SMILES string of the molecule is CC(O)(CNC(=O)c1ccco1)c1ccc(F)cc1. The summed E-state index contributed by atoms with van der Waals surface area (Å²) in [5.74, 6) is -0.610. The lowest BCUT2D eigenvalue weighted by Crippen LogP contribution is -2.38. The summed E-state index contributed by atoms with van der Waals surface area (Å²) in [5.41, 5.74) is -0.760. The number of amides is 1. The van der Waals surface area contributed by atoms with E-state index in [1.54, 1.807) is 13.0 Å². The molecule has 0 bridgehead atoms. The van der Waals surface area contributed by atoms with Gasteiger partial charge in [0.25, 0.3) is 5.91 Å².